The second-order valence-corrected chi connectivity index (χ2v) is 4.12. The van der Waals surface area contributed by atoms with Crippen molar-refractivity contribution in [1.29, 1.82) is 0 Å². The van der Waals surface area contributed by atoms with Crippen molar-refractivity contribution in [3.63, 3.8) is 0 Å². The molecule has 1 heterocycles. The lowest BCUT2D eigenvalue weighted by atomic mass is 9.89. The van der Waals surface area contributed by atoms with Gasteiger partial charge < -0.3 is 9.31 Å². The summed E-state index contributed by atoms with van der Waals surface area (Å²) in [7, 11) is 0.733. The van der Waals surface area contributed by atoms with Gasteiger partial charge >= 0.3 is 19.1 Å². The van der Waals surface area contributed by atoms with E-state index in [1.54, 1.807) is 24.0 Å². The van der Waals surface area contributed by atoms with Crippen molar-refractivity contribution in [3.8, 4) is 0 Å². The lowest BCUT2D eigenvalue weighted by molar-refractivity contribution is -0.145. The Morgan fingerprint density at radius 3 is 2.39 bits per heavy atom. The molecule has 0 radical (unpaired) electrons. The summed E-state index contributed by atoms with van der Waals surface area (Å²) in [6.07, 6.45) is 7.61. The van der Waals surface area contributed by atoms with E-state index in [2.05, 4.69) is 6.92 Å². The van der Waals surface area contributed by atoms with Crippen LogP contribution in [0.5, 0.6) is 0 Å². The van der Waals surface area contributed by atoms with E-state index >= 15 is 0 Å². The predicted molar refractivity (Wildman–Crippen MR) is 68.6 cm³/mol. The zero-order chi connectivity index (χ0) is 13.4. The van der Waals surface area contributed by atoms with Crippen LogP contribution in [0.15, 0.2) is 24.2 Å². The molecule has 18 heavy (non-hydrogen) atoms. The molecule has 0 amide bonds. The Morgan fingerprint density at radius 1 is 1.22 bits per heavy atom. The lowest BCUT2D eigenvalue weighted by Gasteiger charge is -2.20. The van der Waals surface area contributed by atoms with E-state index in [4.69, 9.17) is 9.31 Å². The summed E-state index contributed by atoms with van der Waals surface area (Å²) in [4.78, 5) is 24.3. The van der Waals surface area contributed by atoms with Crippen molar-refractivity contribution in [2.24, 2.45) is 0 Å². The maximum absolute atomic E-state index is 11.4. The minimum Gasteiger partial charge on any atom is -0.495 e. The largest absolute Gasteiger partial charge is 0.628 e. The second kappa shape index (κ2) is 7.71. The van der Waals surface area contributed by atoms with E-state index in [0.717, 1.165) is 12.8 Å². The van der Waals surface area contributed by atoms with Gasteiger partial charge in [0.2, 0.25) is 0 Å². The first-order valence-electron chi connectivity index (χ1n) is 6.02. The standard InChI is InChI=1S/C12H18BNO4/c1-3-4-5-6-7-8-13-17-11(15)9-14(2)10-12(16)18-13/h5-8H,3-4,9-10H2,1-2H3/b6-5-,8-7-. The van der Waals surface area contributed by atoms with Crippen LogP contribution in [-0.2, 0) is 18.9 Å². The summed E-state index contributed by atoms with van der Waals surface area (Å²) in [6, 6.07) is 0. The quantitative estimate of drug-likeness (QED) is 0.550. The molecule has 0 unspecified atom stereocenters. The van der Waals surface area contributed by atoms with Crippen LogP contribution in [0.25, 0.3) is 0 Å². The fourth-order valence-corrected chi connectivity index (χ4v) is 1.43. The molecule has 0 aromatic heterocycles. The third-order valence-corrected chi connectivity index (χ3v) is 2.26. The van der Waals surface area contributed by atoms with Crippen molar-refractivity contribution in [2.75, 3.05) is 20.1 Å². The van der Waals surface area contributed by atoms with E-state index in [0.29, 0.717) is 0 Å². The first-order valence-corrected chi connectivity index (χ1v) is 6.02. The maximum Gasteiger partial charge on any atom is 0.628 e. The number of carbonyl (C=O) groups is 2. The van der Waals surface area contributed by atoms with Crippen LogP contribution >= 0.6 is 0 Å². The lowest BCUT2D eigenvalue weighted by Crippen LogP contribution is -2.41. The summed E-state index contributed by atoms with van der Waals surface area (Å²) in [5.41, 5.74) is 0. The van der Waals surface area contributed by atoms with Gasteiger partial charge in [-0.1, -0.05) is 31.6 Å². The Hall–Kier alpha value is -1.56. The normalized spacial score (nSPS) is 18.9. The number of likely N-dealkylation sites (N-methyl/N-ethyl adjacent to an activating group) is 1. The fourth-order valence-electron chi connectivity index (χ4n) is 1.43. The Kier molecular flexibility index (Phi) is 6.21. The SMILES string of the molecule is CCC/C=C\C=C/B1OC(=O)CN(C)CC(=O)O1. The third kappa shape index (κ3) is 5.68. The number of hydrogen-bond donors (Lipinski definition) is 0. The molecule has 0 bridgehead atoms. The highest BCUT2D eigenvalue weighted by molar-refractivity contribution is 6.54. The van der Waals surface area contributed by atoms with Crippen molar-refractivity contribution < 1.29 is 18.9 Å². The Bertz CT molecular complexity index is 334. The van der Waals surface area contributed by atoms with Crippen molar-refractivity contribution in [2.45, 2.75) is 19.8 Å². The molecular formula is C12H18BNO4. The predicted octanol–water partition coefficient (Wildman–Crippen LogP) is 0.958. The average Bonchev–Trinajstić information content (AvgIpc) is 2.26. The zero-order valence-corrected chi connectivity index (χ0v) is 10.8. The number of rotatable bonds is 4. The third-order valence-electron chi connectivity index (χ3n) is 2.26. The van der Waals surface area contributed by atoms with Gasteiger partial charge in [-0.05, 0) is 19.4 Å². The van der Waals surface area contributed by atoms with E-state index < -0.39 is 19.1 Å². The summed E-state index contributed by atoms with van der Waals surface area (Å²) in [5.74, 6) is 0.738. The topological polar surface area (TPSA) is 55.8 Å². The Balaban J connectivity index is 2.52. The van der Waals surface area contributed by atoms with Crippen LogP contribution in [0, 0.1) is 0 Å². The summed E-state index contributed by atoms with van der Waals surface area (Å²) >= 11 is 0. The maximum atomic E-state index is 11.4. The molecule has 1 fully saturated rings. The number of hydrogen-bond acceptors (Lipinski definition) is 5. The molecule has 0 saturated carbocycles. The van der Waals surface area contributed by atoms with Crippen LogP contribution in [0.4, 0.5) is 0 Å². The molecule has 1 saturated heterocycles. The highest BCUT2D eigenvalue weighted by Gasteiger charge is 2.28. The number of allylic oxidation sites excluding steroid dienone is 3. The molecule has 1 rings (SSSR count). The number of unbranched alkanes of at least 4 members (excludes halogenated alkanes) is 1. The van der Waals surface area contributed by atoms with Crippen LogP contribution in [0.1, 0.15) is 19.8 Å². The molecule has 0 aliphatic carbocycles. The molecule has 0 atom stereocenters. The van der Waals surface area contributed by atoms with Crippen molar-refractivity contribution in [1.82, 2.24) is 4.90 Å². The molecular weight excluding hydrogens is 233 g/mol. The number of nitrogens with zero attached hydrogens (tertiary/aromatic N) is 1. The highest BCUT2D eigenvalue weighted by atomic mass is 16.6. The molecule has 6 heteroatoms. The summed E-state index contributed by atoms with van der Waals surface area (Å²) < 4.78 is 9.99. The van der Waals surface area contributed by atoms with Gasteiger partial charge in [-0.3, -0.25) is 14.5 Å². The molecule has 0 aromatic rings. The van der Waals surface area contributed by atoms with E-state index in [1.807, 2.05) is 12.2 Å². The minimum absolute atomic E-state index is 0.0884. The molecule has 0 N–H and O–H groups in total. The number of carbonyl (C=O) groups excluding carboxylic acids is 2. The highest BCUT2D eigenvalue weighted by Crippen LogP contribution is 2.01. The average molecular weight is 251 g/mol. The van der Waals surface area contributed by atoms with Gasteiger partial charge in [0.25, 0.3) is 0 Å². The van der Waals surface area contributed by atoms with Gasteiger partial charge in [-0.2, -0.15) is 0 Å². The van der Waals surface area contributed by atoms with Gasteiger partial charge in [-0.25, -0.2) is 0 Å². The van der Waals surface area contributed by atoms with Gasteiger partial charge in [0.15, 0.2) is 0 Å². The fraction of sp³-hybridized carbons (Fsp3) is 0.500. The Labute approximate surface area is 108 Å². The first kappa shape index (κ1) is 14.5. The molecule has 1 aliphatic rings. The molecule has 0 aromatic carbocycles. The van der Waals surface area contributed by atoms with Crippen LogP contribution in [0.2, 0.25) is 0 Å². The second-order valence-electron chi connectivity index (χ2n) is 4.12. The summed E-state index contributed by atoms with van der Waals surface area (Å²) in [6.45, 7) is 2.26. The molecule has 5 nitrogen and oxygen atoms in total. The van der Waals surface area contributed by atoms with E-state index in [9.17, 15) is 9.59 Å². The van der Waals surface area contributed by atoms with Crippen LogP contribution in [0.3, 0.4) is 0 Å². The molecule has 0 spiro atoms. The van der Waals surface area contributed by atoms with Gasteiger partial charge in [0, 0.05) is 0 Å². The zero-order valence-electron chi connectivity index (χ0n) is 10.8. The minimum atomic E-state index is -0.926. The first-order chi connectivity index (χ1) is 8.61. The summed E-state index contributed by atoms with van der Waals surface area (Å²) in [5, 5.41) is 0. The monoisotopic (exact) mass is 251 g/mol. The Morgan fingerprint density at radius 2 is 1.83 bits per heavy atom. The van der Waals surface area contributed by atoms with Crippen molar-refractivity contribution >= 4 is 19.1 Å². The van der Waals surface area contributed by atoms with Crippen LogP contribution in [-0.4, -0.2) is 44.1 Å². The van der Waals surface area contributed by atoms with Gasteiger partial charge in [0.05, 0.1) is 13.1 Å². The smallest absolute Gasteiger partial charge is 0.495 e. The van der Waals surface area contributed by atoms with E-state index in [1.165, 1.54) is 0 Å². The van der Waals surface area contributed by atoms with Gasteiger partial charge in [0.1, 0.15) is 0 Å². The van der Waals surface area contributed by atoms with Gasteiger partial charge in [-0.15, -0.1) is 0 Å². The molecule has 98 valence electrons. The molecule has 1 aliphatic heterocycles. The van der Waals surface area contributed by atoms with Crippen LogP contribution < -0.4 is 0 Å². The van der Waals surface area contributed by atoms with Crippen molar-refractivity contribution in [3.05, 3.63) is 24.2 Å². The van der Waals surface area contributed by atoms with E-state index in [-0.39, 0.29) is 13.1 Å².